The predicted octanol–water partition coefficient (Wildman–Crippen LogP) is 4.56. The van der Waals surface area contributed by atoms with Crippen molar-refractivity contribution in [2.75, 3.05) is 42.5 Å². The van der Waals surface area contributed by atoms with E-state index in [0.29, 0.717) is 36.9 Å². The van der Waals surface area contributed by atoms with Crippen LogP contribution in [-0.4, -0.2) is 72.1 Å². The van der Waals surface area contributed by atoms with Crippen LogP contribution in [0.4, 0.5) is 10.7 Å². The molecule has 44 heavy (non-hydrogen) atoms. The van der Waals surface area contributed by atoms with Gasteiger partial charge in [0.1, 0.15) is 22.7 Å². The number of carbonyl (C=O) groups excluding carboxylic acids is 1. The Kier molecular flexibility index (Phi) is 9.51. The van der Waals surface area contributed by atoms with Crippen LogP contribution in [-0.2, 0) is 11.4 Å². The topological polar surface area (TPSA) is 133 Å². The minimum Gasteiger partial charge on any atom is -0.392 e. The Morgan fingerprint density at radius 3 is 2.50 bits per heavy atom. The van der Waals surface area contributed by atoms with Crippen LogP contribution < -0.4 is 15.5 Å². The van der Waals surface area contributed by atoms with E-state index in [1.54, 1.807) is 11.8 Å². The minimum atomic E-state index is -0.764. The molecule has 5 N–H and O–H groups in total. The van der Waals surface area contributed by atoms with E-state index >= 15 is 0 Å². The predicted molar refractivity (Wildman–Crippen MR) is 180 cm³/mol. The van der Waals surface area contributed by atoms with Crippen molar-refractivity contribution in [2.45, 2.75) is 39.8 Å². The Hall–Kier alpha value is -4.01. The van der Waals surface area contributed by atoms with Gasteiger partial charge in [-0.25, -0.2) is 0 Å². The molecule has 2 aromatic carbocycles. The van der Waals surface area contributed by atoms with Gasteiger partial charge in [-0.05, 0) is 62.2 Å². The number of fused-ring (bicyclic) bond motifs is 1. The zero-order valence-corrected chi connectivity index (χ0v) is 26.6. The van der Waals surface area contributed by atoms with Gasteiger partial charge in [0.25, 0.3) is 0 Å². The summed E-state index contributed by atoms with van der Waals surface area (Å²) in [4.78, 5) is 25.5. The molecule has 1 aromatic heterocycles. The first-order valence-corrected chi connectivity index (χ1v) is 15.7. The summed E-state index contributed by atoms with van der Waals surface area (Å²) in [6, 6.07) is 12.5. The van der Waals surface area contributed by atoms with Crippen LogP contribution in [0.25, 0.3) is 0 Å². The molecular formula is C33H36ClN7O2S. The Balaban J connectivity index is 1.38. The van der Waals surface area contributed by atoms with Crippen molar-refractivity contribution in [3.63, 3.8) is 0 Å². The van der Waals surface area contributed by atoms with Gasteiger partial charge >= 0.3 is 0 Å². The summed E-state index contributed by atoms with van der Waals surface area (Å²) in [7, 11) is 0. The SMILES string of the molecule is CC(=N)N1C(=N)[C@H](CC(=O)N2CCN(c3ccc(C#CCN)c(CO)c3)CC2)N=C(c2ccc(Cl)cc2)c2c1sc(C)c2C. The molecule has 1 saturated heterocycles. The molecule has 0 aliphatic carbocycles. The average Bonchev–Trinajstić information content (AvgIpc) is 3.24. The molecule has 0 unspecified atom stereocenters. The molecule has 3 aromatic rings. The number of anilines is 2. The van der Waals surface area contributed by atoms with Crippen LogP contribution in [0.3, 0.4) is 0 Å². The highest BCUT2D eigenvalue weighted by molar-refractivity contribution is 7.17. The maximum absolute atomic E-state index is 13.7. The van der Waals surface area contributed by atoms with E-state index in [1.807, 2.05) is 61.2 Å². The normalized spacial score (nSPS) is 16.6. The van der Waals surface area contributed by atoms with Crippen LogP contribution in [0.15, 0.2) is 47.5 Å². The molecule has 1 amide bonds. The third-order valence-corrected chi connectivity index (χ3v) is 9.50. The Labute approximate surface area is 267 Å². The number of nitrogens with zero attached hydrogens (tertiary/aromatic N) is 4. The quantitative estimate of drug-likeness (QED) is 0.187. The van der Waals surface area contributed by atoms with Gasteiger partial charge in [-0.3, -0.25) is 25.5 Å². The van der Waals surface area contributed by atoms with Crippen molar-refractivity contribution >= 4 is 56.9 Å². The summed E-state index contributed by atoms with van der Waals surface area (Å²) in [5, 5.41) is 29.0. The van der Waals surface area contributed by atoms with E-state index in [0.717, 1.165) is 43.4 Å². The molecule has 11 heteroatoms. The maximum Gasteiger partial charge on any atom is 0.225 e. The lowest BCUT2D eigenvalue weighted by atomic mass is 9.99. The van der Waals surface area contributed by atoms with Gasteiger partial charge in [0.05, 0.1) is 25.3 Å². The third kappa shape index (κ3) is 6.28. The van der Waals surface area contributed by atoms with E-state index in [2.05, 4.69) is 16.7 Å². The van der Waals surface area contributed by atoms with Crippen LogP contribution in [0.5, 0.6) is 0 Å². The number of rotatable bonds is 5. The molecule has 2 aliphatic heterocycles. The lowest BCUT2D eigenvalue weighted by molar-refractivity contribution is -0.131. The van der Waals surface area contributed by atoms with Gasteiger partial charge in [-0.2, -0.15) is 0 Å². The number of carbonyl (C=O) groups is 1. The Morgan fingerprint density at radius 1 is 1.16 bits per heavy atom. The van der Waals surface area contributed by atoms with Crippen molar-refractivity contribution < 1.29 is 9.90 Å². The molecular weight excluding hydrogens is 594 g/mol. The number of benzene rings is 2. The van der Waals surface area contributed by atoms with Crippen molar-refractivity contribution in [2.24, 2.45) is 10.7 Å². The van der Waals surface area contributed by atoms with E-state index in [9.17, 15) is 9.90 Å². The lowest BCUT2D eigenvalue weighted by Crippen LogP contribution is -2.50. The number of hydrogen-bond acceptors (Lipinski definition) is 8. The summed E-state index contributed by atoms with van der Waals surface area (Å²) >= 11 is 7.73. The summed E-state index contributed by atoms with van der Waals surface area (Å²) in [5.41, 5.74) is 11.5. The molecule has 0 bridgehead atoms. The van der Waals surface area contributed by atoms with Gasteiger partial charge in [0.2, 0.25) is 5.91 Å². The third-order valence-electron chi connectivity index (χ3n) is 8.05. The number of amidine groups is 2. The van der Waals surface area contributed by atoms with Gasteiger partial charge in [0.15, 0.2) is 0 Å². The zero-order valence-electron chi connectivity index (χ0n) is 25.1. The number of aliphatic hydroxyl groups excluding tert-OH is 1. The van der Waals surface area contributed by atoms with Crippen LogP contribution in [0.2, 0.25) is 5.02 Å². The maximum atomic E-state index is 13.7. The number of nitrogens with one attached hydrogen (secondary N) is 2. The molecule has 0 spiro atoms. The fourth-order valence-electron chi connectivity index (χ4n) is 5.57. The van der Waals surface area contributed by atoms with Gasteiger partial charge in [-0.15, -0.1) is 11.3 Å². The summed E-state index contributed by atoms with van der Waals surface area (Å²) in [6.45, 7) is 8.17. The molecule has 228 valence electrons. The van der Waals surface area contributed by atoms with Crippen molar-refractivity contribution in [1.29, 1.82) is 10.8 Å². The van der Waals surface area contributed by atoms with Gasteiger partial charge in [0, 0.05) is 58.5 Å². The first-order valence-electron chi connectivity index (χ1n) is 14.5. The summed E-state index contributed by atoms with van der Waals surface area (Å²) in [6.07, 6.45) is 0.0237. The highest BCUT2D eigenvalue weighted by atomic mass is 35.5. The Bertz CT molecular complexity index is 1700. The van der Waals surface area contributed by atoms with E-state index in [4.69, 9.17) is 33.1 Å². The smallest absolute Gasteiger partial charge is 0.225 e. The first-order chi connectivity index (χ1) is 21.1. The average molecular weight is 630 g/mol. The summed E-state index contributed by atoms with van der Waals surface area (Å²) < 4.78 is 0. The van der Waals surface area contributed by atoms with Crippen LogP contribution in [0, 0.1) is 36.5 Å². The number of thiophene rings is 1. The number of aliphatic hydroxyl groups is 1. The standard InChI is InChI=1S/C33H36ClN7O2S/c1-20-21(2)44-33-30(20)31(24-6-9-26(34)10-7-24)38-28(32(37)41(33)22(3)36)18-29(43)40-15-13-39(14-16-40)27-11-8-23(5-4-12-35)25(17-27)19-42/h6-11,17,28,36-37,42H,12-16,18-19,35H2,1-3H3/t28-/m0/s1. The zero-order chi connectivity index (χ0) is 31.5. The van der Waals surface area contributed by atoms with Crippen molar-refractivity contribution in [3.05, 3.63) is 80.2 Å². The van der Waals surface area contributed by atoms with Crippen molar-refractivity contribution in [3.8, 4) is 11.8 Å². The molecule has 1 atom stereocenters. The second-order valence-corrected chi connectivity index (χ2v) is 12.5. The van der Waals surface area contributed by atoms with E-state index in [-0.39, 0.29) is 37.2 Å². The molecule has 9 nitrogen and oxygen atoms in total. The molecule has 0 saturated carbocycles. The minimum absolute atomic E-state index is 0.0237. The van der Waals surface area contributed by atoms with Gasteiger partial charge < -0.3 is 20.6 Å². The number of aryl methyl sites for hydroxylation is 1. The number of halogens is 1. The van der Waals surface area contributed by atoms with E-state index in [1.165, 1.54) is 11.3 Å². The number of hydrogen-bond donors (Lipinski definition) is 4. The molecule has 1 fully saturated rings. The molecule has 2 aliphatic rings. The highest BCUT2D eigenvalue weighted by Crippen LogP contribution is 2.40. The number of nitrogens with two attached hydrogens (primary N) is 1. The number of aliphatic imine (C=N–C) groups is 1. The fourth-order valence-corrected chi connectivity index (χ4v) is 6.92. The fraction of sp³-hybridized carbons (Fsp3) is 0.333. The number of piperazine rings is 1. The first kappa shape index (κ1) is 31.4. The number of amides is 1. The van der Waals surface area contributed by atoms with E-state index < -0.39 is 6.04 Å². The monoisotopic (exact) mass is 629 g/mol. The lowest BCUT2D eigenvalue weighted by Gasteiger charge is -2.37. The Morgan fingerprint density at radius 2 is 1.86 bits per heavy atom. The summed E-state index contributed by atoms with van der Waals surface area (Å²) in [5.74, 6) is 6.08. The van der Waals surface area contributed by atoms with Crippen LogP contribution in [0.1, 0.15) is 46.0 Å². The highest BCUT2D eigenvalue weighted by Gasteiger charge is 2.36. The van der Waals surface area contributed by atoms with Crippen molar-refractivity contribution in [1.82, 2.24) is 4.90 Å². The second kappa shape index (κ2) is 13.3. The largest absolute Gasteiger partial charge is 0.392 e. The molecule has 5 rings (SSSR count). The van der Waals surface area contributed by atoms with Crippen LogP contribution >= 0.6 is 22.9 Å². The van der Waals surface area contributed by atoms with Gasteiger partial charge in [-0.1, -0.05) is 35.6 Å². The molecule has 0 radical (unpaired) electrons. The second-order valence-electron chi connectivity index (χ2n) is 10.8. The molecule has 3 heterocycles.